The van der Waals surface area contributed by atoms with E-state index in [0.717, 1.165) is 24.2 Å². The second-order valence-electron chi connectivity index (χ2n) is 3.78. The zero-order valence-corrected chi connectivity index (χ0v) is 11.9. The summed E-state index contributed by atoms with van der Waals surface area (Å²) in [6.45, 7) is 2.61. The summed E-state index contributed by atoms with van der Waals surface area (Å²) in [4.78, 5) is 1.40. The molecule has 0 amide bonds. The Morgan fingerprint density at radius 3 is 2.35 bits per heavy atom. The van der Waals surface area contributed by atoms with Gasteiger partial charge in [0.05, 0.1) is 4.90 Å². The van der Waals surface area contributed by atoms with E-state index in [0.29, 0.717) is 11.4 Å². The highest BCUT2D eigenvalue weighted by Gasteiger charge is 2.12. The molecule has 1 N–H and O–H groups in total. The van der Waals surface area contributed by atoms with Gasteiger partial charge in [0, 0.05) is 11.4 Å². The van der Waals surface area contributed by atoms with Gasteiger partial charge in [-0.2, -0.15) is 0 Å². The summed E-state index contributed by atoms with van der Waals surface area (Å²) < 4.78 is 26.4. The van der Waals surface area contributed by atoms with Crippen LogP contribution in [-0.4, -0.2) is 21.2 Å². The SMILES string of the molecule is CCCCCNS(=O)(=O)c1ccc(SC)cc1. The Morgan fingerprint density at radius 2 is 1.82 bits per heavy atom. The van der Waals surface area contributed by atoms with Crippen molar-refractivity contribution in [2.24, 2.45) is 0 Å². The van der Waals surface area contributed by atoms with Crippen LogP contribution in [0.3, 0.4) is 0 Å². The number of rotatable bonds is 7. The monoisotopic (exact) mass is 273 g/mol. The van der Waals surface area contributed by atoms with Crippen molar-refractivity contribution in [2.75, 3.05) is 12.8 Å². The van der Waals surface area contributed by atoms with E-state index in [9.17, 15) is 8.42 Å². The summed E-state index contributed by atoms with van der Waals surface area (Å²) in [5, 5.41) is 0. The fourth-order valence-corrected chi connectivity index (χ4v) is 2.90. The molecule has 0 unspecified atom stereocenters. The highest BCUT2D eigenvalue weighted by molar-refractivity contribution is 7.98. The Balaban J connectivity index is 2.62. The molecule has 0 saturated carbocycles. The quantitative estimate of drug-likeness (QED) is 0.614. The maximum absolute atomic E-state index is 11.9. The molecule has 0 bridgehead atoms. The summed E-state index contributed by atoms with van der Waals surface area (Å²) in [5.41, 5.74) is 0. The van der Waals surface area contributed by atoms with Crippen molar-refractivity contribution in [3.05, 3.63) is 24.3 Å². The molecule has 0 fully saturated rings. The van der Waals surface area contributed by atoms with Crippen molar-refractivity contribution in [1.29, 1.82) is 0 Å². The first-order valence-electron chi connectivity index (χ1n) is 5.74. The summed E-state index contributed by atoms with van der Waals surface area (Å²) in [6.07, 6.45) is 4.99. The topological polar surface area (TPSA) is 46.2 Å². The third kappa shape index (κ3) is 4.69. The number of hydrogen-bond acceptors (Lipinski definition) is 3. The standard InChI is InChI=1S/C12H19NO2S2/c1-3-4-5-10-13-17(14,15)12-8-6-11(16-2)7-9-12/h6-9,13H,3-5,10H2,1-2H3. The number of unbranched alkanes of at least 4 members (excludes halogenated alkanes) is 2. The van der Waals surface area contributed by atoms with E-state index in [2.05, 4.69) is 11.6 Å². The summed E-state index contributed by atoms with van der Waals surface area (Å²) in [7, 11) is -3.32. The van der Waals surface area contributed by atoms with Crippen LogP contribution < -0.4 is 4.72 Å². The Hall–Kier alpha value is -0.520. The first-order chi connectivity index (χ1) is 8.10. The predicted octanol–water partition coefficient (Wildman–Crippen LogP) is 2.88. The van der Waals surface area contributed by atoms with E-state index < -0.39 is 10.0 Å². The summed E-state index contributed by atoms with van der Waals surface area (Å²) >= 11 is 1.60. The van der Waals surface area contributed by atoms with E-state index in [1.807, 2.05) is 18.4 Å². The lowest BCUT2D eigenvalue weighted by atomic mass is 10.3. The molecule has 3 nitrogen and oxygen atoms in total. The molecule has 0 aliphatic rings. The second kappa shape index (κ2) is 7.03. The summed E-state index contributed by atoms with van der Waals surface area (Å²) in [6, 6.07) is 6.94. The van der Waals surface area contributed by atoms with E-state index >= 15 is 0 Å². The van der Waals surface area contributed by atoms with Gasteiger partial charge in [-0.3, -0.25) is 0 Å². The van der Waals surface area contributed by atoms with Gasteiger partial charge in [-0.1, -0.05) is 19.8 Å². The van der Waals surface area contributed by atoms with E-state index in [1.54, 1.807) is 23.9 Å². The normalized spacial score (nSPS) is 11.6. The van der Waals surface area contributed by atoms with Crippen molar-refractivity contribution < 1.29 is 8.42 Å². The van der Waals surface area contributed by atoms with E-state index in [1.165, 1.54) is 0 Å². The molecular weight excluding hydrogens is 254 g/mol. The molecular formula is C12H19NO2S2. The number of sulfonamides is 1. The van der Waals surface area contributed by atoms with Crippen molar-refractivity contribution >= 4 is 21.8 Å². The highest BCUT2D eigenvalue weighted by Crippen LogP contribution is 2.17. The van der Waals surface area contributed by atoms with Crippen LogP contribution in [0, 0.1) is 0 Å². The fraction of sp³-hybridized carbons (Fsp3) is 0.500. The Morgan fingerprint density at radius 1 is 1.18 bits per heavy atom. The van der Waals surface area contributed by atoms with Gasteiger partial charge in [0.1, 0.15) is 0 Å². The predicted molar refractivity (Wildman–Crippen MR) is 72.9 cm³/mol. The second-order valence-corrected chi connectivity index (χ2v) is 6.43. The molecule has 5 heteroatoms. The van der Waals surface area contributed by atoms with Crippen LogP contribution in [0.25, 0.3) is 0 Å². The van der Waals surface area contributed by atoms with Crippen molar-refractivity contribution in [3.8, 4) is 0 Å². The Kier molecular flexibility index (Phi) is 6.02. The zero-order valence-electron chi connectivity index (χ0n) is 10.3. The van der Waals surface area contributed by atoms with Crippen LogP contribution in [0.2, 0.25) is 0 Å². The lowest BCUT2D eigenvalue weighted by Gasteiger charge is -2.06. The highest BCUT2D eigenvalue weighted by atomic mass is 32.2. The smallest absolute Gasteiger partial charge is 0.211 e. The van der Waals surface area contributed by atoms with Crippen LogP contribution in [0.5, 0.6) is 0 Å². The molecule has 1 aromatic rings. The molecule has 0 aliphatic carbocycles. The first kappa shape index (κ1) is 14.5. The van der Waals surface area contributed by atoms with Gasteiger partial charge < -0.3 is 0 Å². The molecule has 17 heavy (non-hydrogen) atoms. The Bertz CT molecular complexity index is 426. The lowest BCUT2D eigenvalue weighted by Crippen LogP contribution is -2.24. The van der Waals surface area contributed by atoms with Crippen molar-refractivity contribution in [2.45, 2.75) is 36.0 Å². The van der Waals surface area contributed by atoms with Crippen molar-refractivity contribution in [3.63, 3.8) is 0 Å². The number of benzene rings is 1. The van der Waals surface area contributed by atoms with Gasteiger partial charge in [-0.05, 0) is 36.9 Å². The largest absolute Gasteiger partial charge is 0.240 e. The first-order valence-corrected chi connectivity index (χ1v) is 8.44. The Labute approximate surface area is 108 Å². The fourth-order valence-electron chi connectivity index (χ4n) is 1.42. The third-order valence-electron chi connectivity index (χ3n) is 2.44. The maximum atomic E-state index is 11.9. The van der Waals surface area contributed by atoms with Crippen LogP contribution >= 0.6 is 11.8 Å². The molecule has 0 radical (unpaired) electrons. The van der Waals surface area contributed by atoms with Gasteiger partial charge in [0.15, 0.2) is 0 Å². The van der Waals surface area contributed by atoms with Crippen LogP contribution in [0.15, 0.2) is 34.1 Å². The molecule has 0 heterocycles. The molecule has 0 aliphatic heterocycles. The number of thioether (sulfide) groups is 1. The number of hydrogen-bond donors (Lipinski definition) is 1. The van der Waals surface area contributed by atoms with Gasteiger partial charge in [0.2, 0.25) is 10.0 Å². The average Bonchev–Trinajstić information content (AvgIpc) is 2.35. The minimum atomic E-state index is -3.32. The molecule has 0 spiro atoms. The lowest BCUT2D eigenvalue weighted by molar-refractivity contribution is 0.576. The molecule has 0 saturated heterocycles. The van der Waals surface area contributed by atoms with E-state index in [-0.39, 0.29) is 0 Å². The molecule has 1 aromatic carbocycles. The summed E-state index contributed by atoms with van der Waals surface area (Å²) in [5.74, 6) is 0. The molecule has 96 valence electrons. The minimum absolute atomic E-state index is 0.340. The average molecular weight is 273 g/mol. The van der Waals surface area contributed by atoms with Crippen LogP contribution in [-0.2, 0) is 10.0 Å². The van der Waals surface area contributed by atoms with Crippen molar-refractivity contribution in [1.82, 2.24) is 4.72 Å². The van der Waals surface area contributed by atoms with Gasteiger partial charge in [-0.15, -0.1) is 11.8 Å². The van der Waals surface area contributed by atoms with Gasteiger partial charge in [-0.25, -0.2) is 13.1 Å². The van der Waals surface area contributed by atoms with E-state index in [4.69, 9.17) is 0 Å². The molecule has 0 atom stereocenters. The van der Waals surface area contributed by atoms with Crippen LogP contribution in [0.4, 0.5) is 0 Å². The van der Waals surface area contributed by atoms with Crippen LogP contribution in [0.1, 0.15) is 26.2 Å². The maximum Gasteiger partial charge on any atom is 0.240 e. The molecule has 1 rings (SSSR count). The third-order valence-corrected chi connectivity index (χ3v) is 4.66. The van der Waals surface area contributed by atoms with Gasteiger partial charge >= 0.3 is 0 Å². The minimum Gasteiger partial charge on any atom is -0.211 e. The zero-order chi connectivity index (χ0) is 12.7. The molecule has 0 aromatic heterocycles. The van der Waals surface area contributed by atoms with Gasteiger partial charge in [0.25, 0.3) is 0 Å². The number of nitrogens with one attached hydrogen (secondary N) is 1.